The van der Waals surface area contributed by atoms with E-state index in [1.165, 1.54) is 45.1 Å². The second kappa shape index (κ2) is 8.12. The van der Waals surface area contributed by atoms with Crippen LogP contribution in [-0.2, 0) is 4.74 Å². The summed E-state index contributed by atoms with van der Waals surface area (Å²) in [7, 11) is 0. The van der Waals surface area contributed by atoms with Gasteiger partial charge in [0, 0.05) is 19.3 Å². The highest BCUT2D eigenvalue weighted by Gasteiger charge is 2.24. The Labute approximate surface area is 94.8 Å². The van der Waals surface area contributed by atoms with Crippen LogP contribution in [0.5, 0.6) is 0 Å². The van der Waals surface area contributed by atoms with Crippen molar-refractivity contribution in [3.8, 4) is 0 Å². The van der Waals surface area contributed by atoms with Crippen molar-refractivity contribution in [2.24, 2.45) is 5.92 Å². The van der Waals surface area contributed by atoms with Crippen molar-refractivity contribution in [2.75, 3.05) is 19.8 Å². The van der Waals surface area contributed by atoms with Crippen LogP contribution in [0.2, 0.25) is 0 Å². The zero-order valence-electron chi connectivity index (χ0n) is 10.4. The molecule has 0 radical (unpaired) electrons. The van der Waals surface area contributed by atoms with Crippen molar-refractivity contribution in [3.63, 3.8) is 0 Å². The van der Waals surface area contributed by atoms with E-state index < -0.39 is 0 Å². The lowest BCUT2D eigenvalue weighted by molar-refractivity contribution is 0.140. The van der Waals surface area contributed by atoms with Gasteiger partial charge in [0.15, 0.2) is 0 Å². The quantitative estimate of drug-likeness (QED) is 0.563. The number of ether oxygens (including phenoxy) is 1. The smallest absolute Gasteiger partial charge is 0.0466 e. The van der Waals surface area contributed by atoms with Crippen molar-refractivity contribution < 1.29 is 4.74 Å². The van der Waals surface area contributed by atoms with Gasteiger partial charge >= 0.3 is 0 Å². The number of hydrogen-bond acceptors (Lipinski definition) is 2. The van der Waals surface area contributed by atoms with Gasteiger partial charge in [-0.2, -0.15) is 0 Å². The third kappa shape index (κ3) is 6.91. The van der Waals surface area contributed by atoms with Crippen molar-refractivity contribution in [1.29, 1.82) is 0 Å². The molecule has 0 saturated heterocycles. The van der Waals surface area contributed by atoms with Gasteiger partial charge in [-0.05, 0) is 45.1 Å². The van der Waals surface area contributed by atoms with Crippen LogP contribution in [0.3, 0.4) is 0 Å². The Bertz CT molecular complexity index is 145. The average Bonchev–Trinajstić information content (AvgIpc) is 3.04. The van der Waals surface area contributed by atoms with Crippen molar-refractivity contribution >= 4 is 0 Å². The van der Waals surface area contributed by atoms with Crippen LogP contribution >= 0.6 is 0 Å². The zero-order chi connectivity index (χ0) is 10.9. The predicted octanol–water partition coefficient (Wildman–Crippen LogP) is 2.97. The highest BCUT2D eigenvalue weighted by atomic mass is 16.5. The topological polar surface area (TPSA) is 21.3 Å². The van der Waals surface area contributed by atoms with Crippen molar-refractivity contribution in [2.45, 2.75) is 58.4 Å². The van der Waals surface area contributed by atoms with Gasteiger partial charge in [-0.3, -0.25) is 0 Å². The largest absolute Gasteiger partial charge is 0.382 e. The summed E-state index contributed by atoms with van der Waals surface area (Å²) in [6.45, 7) is 7.27. The number of rotatable bonds is 10. The molecule has 1 unspecified atom stereocenters. The first-order valence-corrected chi connectivity index (χ1v) is 6.68. The lowest BCUT2D eigenvalue weighted by Crippen LogP contribution is -2.30. The maximum Gasteiger partial charge on any atom is 0.0466 e. The first-order valence-electron chi connectivity index (χ1n) is 6.68. The maximum absolute atomic E-state index is 5.38. The van der Waals surface area contributed by atoms with E-state index in [0.717, 1.165) is 25.2 Å². The third-order valence-corrected chi connectivity index (χ3v) is 3.04. The lowest BCUT2D eigenvalue weighted by Gasteiger charge is -2.18. The minimum absolute atomic E-state index is 0.748. The van der Waals surface area contributed by atoms with Gasteiger partial charge in [0.2, 0.25) is 0 Å². The van der Waals surface area contributed by atoms with E-state index in [-0.39, 0.29) is 0 Å². The van der Waals surface area contributed by atoms with E-state index in [0.29, 0.717) is 0 Å². The summed E-state index contributed by atoms with van der Waals surface area (Å²) in [5.41, 5.74) is 0. The minimum atomic E-state index is 0.748. The standard InChI is InChI=1S/C13H27NO/c1-3-9-14-13(11-12-7-8-12)6-5-10-15-4-2/h12-14H,3-11H2,1-2H3. The summed E-state index contributed by atoms with van der Waals surface area (Å²) in [6.07, 6.45) is 8.07. The Balaban J connectivity index is 2.04. The lowest BCUT2D eigenvalue weighted by atomic mass is 10.1. The van der Waals surface area contributed by atoms with Crippen LogP contribution in [0.1, 0.15) is 52.4 Å². The summed E-state index contributed by atoms with van der Waals surface area (Å²) < 4.78 is 5.38. The Morgan fingerprint density at radius 3 is 2.73 bits per heavy atom. The third-order valence-electron chi connectivity index (χ3n) is 3.04. The highest BCUT2D eigenvalue weighted by molar-refractivity contribution is 4.80. The van der Waals surface area contributed by atoms with Crippen LogP contribution in [0.15, 0.2) is 0 Å². The molecule has 0 aromatic heterocycles. The van der Waals surface area contributed by atoms with E-state index in [9.17, 15) is 0 Å². The molecule has 1 atom stereocenters. The van der Waals surface area contributed by atoms with Crippen LogP contribution in [0.4, 0.5) is 0 Å². The van der Waals surface area contributed by atoms with Crippen molar-refractivity contribution in [1.82, 2.24) is 5.32 Å². The Hall–Kier alpha value is -0.0800. The Morgan fingerprint density at radius 2 is 2.13 bits per heavy atom. The number of nitrogens with one attached hydrogen (secondary N) is 1. The molecule has 0 heterocycles. The molecule has 1 rings (SSSR count). The second-order valence-electron chi connectivity index (χ2n) is 4.67. The predicted molar refractivity (Wildman–Crippen MR) is 65.1 cm³/mol. The number of hydrogen-bond donors (Lipinski definition) is 1. The summed E-state index contributed by atoms with van der Waals surface area (Å²) in [6, 6.07) is 0.748. The van der Waals surface area contributed by atoms with Crippen molar-refractivity contribution in [3.05, 3.63) is 0 Å². The fraction of sp³-hybridized carbons (Fsp3) is 1.00. The van der Waals surface area contributed by atoms with E-state index >= 15 is 0 Å². The molecule has 2 nitrogen and oxygen atoms in total. The zero-order valence-corrected chi connectivity index (χ0v) is 10.4. The molecule has 0 aliphatic heterocycles. The van der Waals surface area contributed by atoms with Gasteiger partial charge in [0.25, 0.3) is 0 Å². The molecule has 0 bridgehead atoms. The summed E-state index contributed by atoms with van der Waals surface area (Å²) in [5, 5.41) is 3.66. The molecule has 0 aromatic carbocycles. The summed E-state index contributed by atoms with van der Waals surface area (Å²) >= 11 is 0. The molecule has 1 saturated carbocycles. The van der Waals surface area contributed by atoms with Gasteiger partial charge in [0.05, 0.1) is 0 Å². The van der Waals surface area contributed by atoms with Crippen LogP contribution in [0.25, 0.3) is 0 Å². The van der Waals surface area contributed by atoms with Gasteiger partial charge in [-0.15, -0.1) is 0 Å². The molecule has 1 aliphatic carbocycles. The van der Waals surface area contributed by atoms with E-state index in [2.05, 4.69) is 19.2 Å². The van der Waals surface area contributed by atoms with E-state index in [4.69, 9.17) is 4.74 Å². The van der Waals surface area contributed by atoms with Crippen LogP contribution in [-0.4, -0.2) is 25.8 Å². The molecule has 1 fully saturated rings. The first-order chi connectivity index (χ1) is 7.36. The monoisotopic (exact) mass is 213 g/mol. The van der Waals surface area contributed by atoms with Crippen LogP contribution < -0.4 is 5.32 Å². The molecule has 90 valence electrons. The Kier molecular flexibility index (Phi) is 7.03. The van der Waals surface area contributed by atoms with Gasteiger partial charge in [-0.25, -0.2) is 0 Å². The molecular formula is C13H27NO. The molecule has 1 N–H and O–H groups in total. The fourth-order valence-electron chi connectivity index (χ4n) is 1.98. The summed E-state index contributed by atoms with van der Waals surface area (Å²) in [4.78, 5) is 0. The molecule has 15 heavy (non-hydrogen) atoms. The highest BCUT2D eigenvalue weighted by Crippen LogP contribution is 2.34. The average molecular weight is 213 g/mol. The second-order valence-corrected chi connectivity index (χ2v) is 4.67. The normalized spacial score (nSPS) is 18.0. The SMILES string of the molecule is CCCNC(CCCOCC)CC1CC1. The first kappa shape index (κ1) is 13.0. The molecule has 0 amide bonds. The Morgan fingerprint density at radius 1 is 1.33 bits per heavy atom. The van der Waals surface area contributed by atoms with E-state index in [1.807, 2.05) is 0 Å². The van der Waals surface area contributed by atoms with Crippen LogP contribution in [0, 0.1) is 5.92 Å². The molecular weight excluding hydrogens is 186 g/mol. The summed E-state index contributed by atoms with van der Waals surface area (Å²) in [5.74, 6) is 1.03. The molecule has 1 aliphatic rings. The van der Waals surface area contributed by atoms with Gasteiger partial charge in [0.1, 0.15) is 0 Å². The minimum Gasteiger partial charge on any atom is -0.382 e. The van der Waals surface area contributed by atoms with Gasteiger partial charge in [-0.1, -0.05) is 19.8 Å². The molecule has 0 aromatic rings. The molecule has 0 spiro atoms. The van der Waals surface area contributed by atoms with Gasteiger partial charge < -0.3 is 10.1 Å². The van der Waals surface area contributed by atoms with E-state index in [1.54, 1.807) is 0 Å². The maximum atomic E-state index is 5.38. The molecule has 2 heteroatoms. The fourth-order valence-corrected chi connectivity index (χ4v) is 1.98.